The Balaban J connectivity index is 1.53. The number of fused-ring (bicyclic) bond motifs is 2. The fraction of sp³-hybridized carbons (Fsp3) is 0.273. The molecule has 0 N–H and O–H groups in total. The van der Waals surface area contributed by atoms with Crippen molar-refractivity contribution in [3.05, 3.63) is 77.9 Å². The van der Waals surface area contributed by atoms with Gasteiger partial charge in [-0.3, -0.25) is 9.69 Å². The minimum absolute atomic E-state index is 0.167. The van der Waals surface area contributed by atoms with Gasteiger partial charge in [-0.05, 0) is 35.4 Å². The Labute approximate surface area is 164 Å². The van der Waals surface area contributed by atoms with Crippen molar-refractivity contribution < 1.29 is 9.53 Å². The van der Waals surface area contributed by atoms with E-state index in [2.05, 4.69) is 38.7 Å². The summed E-state index contributed by atoms with van der Waals surface area (Å²) in [5, 5.41) is 0. The molecule has 3 aromatic rings. The zero-order valence-corrected chi connectivity index (χ0v) is 15.6. The molecular weight excluding hydrogens is 352 g/mol. The minimum Gasteiger partial charge on any atom is -0.457 e. The lowest BCUT2D eigenvalue weighted by Crippen LogP contribution is -2.49. The van der Waals surface area contributed by atoms with Crippen LogP contribution in [0.1, 0.15) is 16.8 Å². The van der Waals surface area contributed by atoms with Crippen molar-refractivity contribution in [1.82, 2.24) is 19.4 Å². The van der Waals surface area contributed by atoms with Crippen molar-refractivity contribution in [1.29, 1.82) is 0 Å². The van der Waals surface area contributed by atoms with E-state index in [-0.39, 0.29) is 5.91 Å². The molecule has 3 aliphatic rings. The summed E-state index contributed by atoms with van der Waals surface area (Å²) in [5.41, 5.74) is 3.33. The maximum absolute atomic E-state index is 12.7. The third-order valence-corrected chi connectivity index (χ3v) is 5.34. The molecule has 142 valence electrons. The summed E-state index contributed by atoms with van der Waals surface area (Å²) < 4.78 is 8.21. The highest BCUT2D eigenvalue weighted by atomic mass is 16.5. The van der Waals surface area contributed by atoms with Crippen LogP contribution in [0.4, 0.5) is 0 Å². The predicted octanol–water partition coefficient (Wildman–Crippen LogP) is 2.88. The van der Waals surface area contributed by atoms with Crippen LogP contribution in [0, 0.1) is 0 Å². The molecule has 4 heterocycles. The molecule has 6 rings (SSSR count). The first-order valence-corrected chi connectivity index (χ1v) is 9.58. The standard InChI is InChI=1S/C22H22N4O2/c27-22-15-24-7-8-25(22)14-19-11-23-16-26(19)13-18-4-2-6-21(10-18)28-20-5-1-3-17(9-20)12-24/h1-6,9-11,16H,7-8,12-15H2. The number of benzene rings is 2. The average Bonchev–Trinajstić information content (AvgIpc) is 3.11. The Bertz CT molecular complexity index is 1010. The van der Waals surface area contributed by atoms with Crippen LogP contribution in [0.3, 0.4) is 0 Å². The highest BCUT2D eigenvalue weighted by molar-refractivity contribution is 5.79. The van der Waals surface area contributed by atoms with Gasteiger partial charge >= 0.3 is 0 Å². The number of nitrogens with zero attached hydrogens (tertiary/aromatic N) is 4. The van der Waals surface area contributed by atoms with Gasteiger partial charge in [-0.25, -0.2) is 4.98 Å². The van der Waals surface area contributed by atoms with Crippen LogP contribution in [-0.4, -0.2) is 44.9 Å². The molecule has 1 unspecified atom stereocenters. The van der Waals surface area contributed by atoms with Gasteiger partial charge in [0.15, 0.2) is 0 Å². The lowest BCUT2D eigenvalue weighted by Gasteiger charge is -2.34. The summed E-state index contributed by atoms with van der Waals surface area (Å²) >= 11 is 0. The number of piperazine rings is 1. The monoisotopic (exact) mass is 374 g/mol. The number of carbonyl (C=O) groups excluding carboxylic acids is 1. The number of imidazole rings is 1. The van der Waals surface area contributed by atoms with E-state index < -0.39 is 0 Å². The van der Waals surface area contributed by atoms with Gasteiger partial charge in [0.2, 0.25) is 5.91 Å². The SMILES string of the molecule is O=C1CN2CCN1Cc1cncn1Cc1cccc(c1)Oc1cccc(c1)C2. The van der Waals surface area contributed by atoms with Crippen molar-refractivity contribution in [3.63, 3.8) is 0 Å². The van der Waals surface area contributed by atoms with Gasteiger partial charge in [0.1, 0.15) is 11.5 Å². The van der Waals surface area contributed by atoms with E-state index in [1.54, 1.807) is 0 Å². The molecule has 1 atom stereocenters. The summed E-state index contributed by atoms with van der Waals surface area (Å²) in [6.45, 7) is 4.08. The van der Waals surface area contributed by atoms with Gasteiger partial charge in [-0.1, -0.05) is 24.3 Å². The van der Waals surface area contributed by atoms with E-state index in [1.165, 1.54) is 0 Å². The quantitative estimate of drug-likeness (QED) is 0.607. The van der Waals surface area contributed by atoms with Crippen molar-refractivity contribution in [3.8, 4) is 11.5 Å². The third kappa shape index (κ3) is 3.51. The maximum Gasteiger partial charge on any atom is 0.237 e. The van der Waals surface area contributed by atoms with Gasteiger partial charge < -0.3 is 14.2 Å². The van der Waals surface area contributed by atoms with Crippen molar-refractivity contribution in [2.45, 2.75) is 19.6 Å². The Morgan fingerprint density at radius 1 is 0.857 bits per heavy atom. The second kappa shape index (κ2) is 7.13. The first-order valence-electron chi connectivity index (χ1n) is 9.58. The Hall–Kier alpha value is -3.12. The first-order chi connectivity index (χ1) is 13.7. The number of amides is 1. The van der Waals surface area contributed by atoms with Gasteiger partial charge in [0, 0.05) is 32.4 Å². The zero-order chi connectivity index (χ0) is 18.9. The topological polar surface area (TPSA) is 50.6 Å². The summed E-state index contributed by atoms with van der Waals surface area (Å²) in [5.74, 6) is 1.81. The summed E-state index contributed by atoms with van der Waals surface area (Å²) in [7, 11) is 0. The second-order valence-corrected chi connectivity index (χ2v) is 7.44. The number of carbonyl (C=O) groups is 1. The molecule has 0 aliphatic carbocycles. The number of ether oxygens (including phenoxy) is 1. The lowest BCUT2D eigenvalue weighted by atomic mass is 10.1. The van der Waals surface area contributed by atoms with E-state index in [1.807, 2.05) is 41.7 Å². The molecule has 0 spiro atoms. The molecule has 3 aliphatic heterocycles. The van der Waals surface area contributed by atoms with Gasteiger partial charge in [-0.2, -0.15) is 0 Å². The fourth-order valence-electron chi connectivity index (χ4n) is 3.88. The van der Waals surface area contributed by atoms with E-state index in [0.717, 1.165) is 48.0 Å². The highest BCUT2D eigenvalue weighted by Gasteiger charge is 2.25. The third-order valence-electron chi connectivity index (χ3n) is 5.34. The highest BCUT2D eigenvalue weighted by Crippen LogP contribution is 2.25. The summed E-state index contributed by atoms with van der Waals surface area (Å²) in [6.07, 6.45) is 3.68. The van der Waals surface area contributed by atoms with Crippen LogP contribution >= 0.6 is 0 Å². The van der Waals surface area contributed by atoms with E-state index in [4.69, 9.17) is 4.74 Å². The summed E-state index contributed by atoms with van der Waals surface area (Å²) in [4.78, 5) is 21.1. The number of aromatic nitrogens is 2. The molecular formula is C22H22N4O2. The number of hydrogen-bond donors (Lipinski definition) is 0. The van der Waals surface area contributed by atoms with E-state index >= 15 is 0 Å². The maximum atomic E-state index is 12.7. The first kappa shape index (κ1) is 17.0. The molecule has 1 saturated heterocycles. The predicted molar refractivity (Wildman–Crippen MR) is 105 cm³/mol. The molecule has 0 radical (unpaired) electrons. The minimum atomic E-state index is 0.167. The molecule has 1 amide bonds. The fourth-order valence-corrected chi connectivity index (χ4v) is 3.88. The molecule has 6 bridgehead atoms. The van der Waals surface area contributed by atoms with E-state index in [0.29, 0.717) is 19.6 Å². The normalized spacial score (nSPS) is 19.2. The molecule has 6 nitrogen and oxygen atoms in total. The average molecular weight is 374 g/mol. The smallest absolute Gasteiger partial charge is 0.237 e. The Morgan fingerprint density at radius 2 is 1.61 bits per heavy atom. The van der Waals surface area contributed by atoms with Crippen LogP contribution < -0.4 is 4.74 Å². The molecule has 28 heavy (non-hydrogen) atoms. The van der Waals surface area contributed by atoms with Gasteiger partial charge in [0.25, 0.3) is 0 Å². The number of hydrogen-bond acceptors (Lipinski definition) is 4. The molecule has 1 aromatic heterocycles. The van der Waals surface area contributed by atoms with Crippen LogP contribution in [0.2, 0.25) is 0 Å². The van der Waals surface area contributed by atoms with Crippen LogP contribution in [0.15, 0.2) is 61.1 Å². The zero-order valence-electron chi connectivity index (χ0n) is 15.6. The lowest BCUT2D eigenvalue weighted by molar-refractivity contribution is -0.137. The Kier molecular flexibility index (Phi) is 4.33. The van der Waals surface area contributed by atoms with E-state index in [9.17, 15) is 4.79 Å². The molecule has 6 heteroatoms. The largest absolute Gasteiger partial charge is 0.457 e. The summed E-state index contributed by atoms with van der Waals surface area (Å²) in [6, 6.07) is 16.2. The second-order valence-electron chi connectivity index (χ2n) is 7.44. The van der Waals surface area contributed by atoms with Crippen LogP contribution in [-0.2, 0) is 24.4 Å². The van der Waals surface area contributed by atoms with Gasteiger partial charge in [0.05, 0.1) is 25.1 Å². The van der Waals surface area contributed by atoms with Crippen molar-refractivity contribution in [2.75, 3.05) is 19.6 Å². The molecule has 1 fully saturated rings. The van der Waals surface area contributed by atoms with Crippen LogP contribution in [0.25, 0.3) is 0 Å². The Morgan fingerprint density at radius 3 is 2.36 bits per heavy atom. The van der Waals surface area contributed by atoms with Crippen molar-refractivity contribution in [2.24, 2.45) is 0 Å². The van der Waals surface area contributed by atoms with Crippen LogP contribution in [0.5, 0.6) is 11.5 Å². The molecule has 2 aromatic carbocycles. The van der Waals surface area contributed by atoms with Crippen molar-refractivity contribution >= 4 is 5.91 Å². The van der Waals surface area contributed by atoms with Gasteiger partial charge in [-0.15, -0.1) is 0 Å². The number of rotatable bonds is 0. The molecule has 0 saturated carbocycles.